The van der Waals surface area contributed by atoms with Crippen LogP contribution in [0.3, 0.4) is 0 Å². The quantitative estimate of drug-likeness (QED) is 0.147. The molecule has 0 fully saturated rings. The molecule has 7 nitrogen and oxygen atoms in total. The number of aromatic nitrogens is 2. The number of nitrogens with zero attached hydrogens (tertiary/aromatic N) is 2. The van der Waals surface area contributed by atoms with E-state index in [4.69, 9.17) is 4.74 Å². The van der Waals surface area contributed by atoms with Gasteiger partial charge in [-0.3, -0.25) is 14.8 Å². The summed E-state index contributed by atoms with van der Waals surface area (Å²) in [5, 5.41) is 4.46. The van der Waals surface area contributed by atoms with Gasteiger partial charge in [0.2, 0.25) is 0 Å². The van der Waals surface area contributed by atoms with Gasteiger partial charge in [0.15, 0.2) is 0 Å². The Labute approximate surface area is 257 Å². The molecule has 0 bridgehead atoms. The van der Waals surface area contributed by atoms with E-state index in [9.17, 15) is 44.7 Å². The monoisotopic (exact) mass is 654 g/mol. The Bertz CT molecular complexity index is 1750. The molecule has 15 heteroatoms. The number of anilines is 1. The Morgan fingerprint density at radius 2 is 1.65 bits per heavy atom. The van der Waals surface area contributed by atoms with Crippen LogP contribution in [0.1, 0.15) is 40.4 Å². The van der Waals surface area contributed by atoms with Crippen molar-refractivity contribution in [3.05, 3.63) is 88.7 Å². The number of benzene rings is 2. The maximum Gasteiger partial charge on any atom is 0.418 e. The number of ether oxygens (including phenoxy) is 1. The molecule has 244 valence electrons. The van der Waals surface area contributed by atoms with Gasteiger partial charge in [0, 0.05) is 35.5 Å². The first-order chi connectivity index (χ1) is 21.5. The van der Waals surface area contributed by atoms with Crippen molar-refractivity contribution in [2.45, 2.75) is 51.1 Å². The van der Waals surface area contributed by atoms with Crippen LogP contribution in [0, 0.1) is 18.6 Å². The van der Waals surface area contributed by atoms with Gasteiger partial charge in [-0.05, 0) is 48.7 Å². The normalized spacial score (nSPS) is 13.3. The van der Waals surface area contributed by atoms with E-state index in [0.29, 0.717) is 23.1 Å². The molecule has 1 amide bonds. The summed E-state index contributed by atoms with van der Waals surface area (Å²) in [5.41, 5.74) is -2.35. The zero-order valence-electron chi connectivity index (χ0n) is 24.4. The van der Waals surface area contributed by atoms with E-state index in [0.717, 1.165) is 13.2 Å². The SMILES string of the molecule is CC[C@@H](Nc1cc(F)c(C(=O)N[C@@H](Cc2ccc(-c3ncc(C)cc3C(F)(F)F)c3ncccc23)C(=O)OC)c(F)c1)C(F)(F)F. The van der Waals surface area contributed by atoms with E-state index in [2.05, 4.69) is 15.3 Å². The largest absolute Gasteiger partial charge is 0.467 e. The lowest BCUT2D eigenvalue weighted by molar-refractivity contribution is -0.143. The van der Waals surface area contributed by atoms with Crippen LogP contribution < -0.4 is 10.6 Å². The summed E-state index contributed by atoms with van der Waals surface area (Å²) in [6, 6.07) is 4.07. The third-order valence-corrected chi connectivity index (χ3v) is 7.07. The first-order valence-electron chi connectivity index (χ1n) is 13.7. The number of hydrogen-bond acceptors (Lipinski definition) is 6. The molecule has 0 aliphatic heterocycles. The average molecular weight is 655 g/mol. The van der Waals surface area contributed by atoms with Crippen LogP contribution >= 0.6 is 0 Å². The van der Waals surface area contributed by atoms with E-state index < -0.39 is 71.2 Å². The highest BCUT2D eigenvalue weighted by molar-refractivity contribution is 5.99. The van der Waals surface area contributed by atoms with E-state index in [-0.39, 0.29) is 28.8 Å². The number of rotatable bonds is 9. The Balaban J connectivity index is 1.68. The molecule has 2 heterocycles. The summed E-state index contributed by atoms with van der Waals surface area (Å²) in [5.74, 6) is -5.42. The van der Waals surface area contributed by atoms with Gasteiger partial charge in [0.05, 0.1) is 23.9 Å². The molecule has 2 aromatic heterocycles. The molecule has 4 rings (SSSR count). The van der Waals surface area contributed by atoms with Crippen LogP contribution in [0.2, 0.25) is 0 Å². The first kappa shape index (κ1) is 34.1. The molecule has 46 heavy (non-hydrogen) atoms. The van der Waals surface area contributed by atoms with Gasteiger partial charge in [-0.2, -0.15) is 26.3 Å². The summed E-state index contributed by atoms with van der Waals surface area (Å²) in [7, 11) is 0.998. The summed E-state index contributed by atoms with van der Waals surface area (Å²) < 4.78 is 116. The van der Waals surface area contributed by atoms with Crippen molar-refractivity contribution in [3.8, 4) is 11.3 Å². The fraction of sp³-hybridized carbons (Fsp3) is 0.290. The maximum atomic E-state index is 14.9. The molecule has 0 spiro atoms. The summed E-state index contributed by atoms with van der Waals surface area (Å²) in [6.07, 6.45) is -7.61. The van der Waals surface area contributed by atoms with Gasteiger partial charge in [-0.1, -0.05) is 25.1 Å². The molecule has 0 unspecified atom stereocenters. The topological polar surface area (TPSA) is 93.2 Å². The van der Waals surface area contributed by atoms with Crippen molar-refractivity contribution in [3.63, 3.8) is 0 Å². The number of pyridine rings is 2. The van der Waals surface area contributed by atoms with Crippen molar-refractivity contribution in [2.24, 2.45) is 0 Å². The number of carbonyl (C=O) groups is 2. The average Bonchev–Trinajstić information content (AvgIpc) is 2.98. The Kier molecular flexibility index (Phi) is 9.82. The van der Waals surface area contributed by atoms with Gasteiger partial charge in [0.1, 0.15) is 29.3 Å². The number of esters is 1. The van der Waals surface area contributed by atoms with E-state index in [1.54, 1.807) is 0 Å². The summed E-state index contributed by atoms with van der Waals surface area (Å²) in [6.45, 7) is 2.68. The highest BCUT2D eigenvalue weighted by Gasteiger charge is 2.39. The van der Waals surface area contributed by atoms with E-state index in [1.165, 1.54) is 50.5 Å². The van der Waals surface area contributed by atoms with Gasteiger partial charge in [-0.25, -0.2) is 13.6 Å². The van der Waals surface area contributed by atoms with Crippen LogP contribution in [0.15, 0.2) is 54.9 Å². The second kappa shape index (κ2) is 13.3. The van der Waals surface area contributed by atoms with E-state index >= 15 is 0 Å². The lowest BCUT2D eigenvalue weighted by Gasteiger charge is -2.22. The van der Waals surface area contributed by atoms with Gasteiger partial charge in [0.25, 0.3) is 5.91 Å². The van der Waals surface area contributed by atoms with Gasteiger partial charge >= 0.3 is 18.3 Å². The van der Waals surface area contributed by atoms with Gasteiger partial charge in [-0.15, -0.1) is 0 Å². The number of fused-ring (bicyclic) bond motifs is 1. The third kappa shape index (κ3) is 7.35. The Morgan fingerprint density at radius 3 is 2.24 bits per heavy atom. The molecule has 0 radical (unpaired) electrons. The standard InChI is InChI=1S/C31H26F8N4O3/c1-4-24(31(37,38)39)42-17-12-21(32)25(22(33)13-17)28(44)43-23(29(45)46-3)11-16-7-8-19(26-18(16)6-5-9-40-26)27-20(30(34,35)36)10-15(2)14-41-27/h5-10,12-14,23-24,42H,4,11H2,1-3H3,(H,43,44)/t23-,24+/m0/s1. The summed E-state index contributed by atoms with van der Waals surface area (Å²) >= 11 is 0. The minimum Gasteiger partial charge on any atom is -0.467 e. The first-order valence-corrected chi connectivity index (χ1v) is 13.7. The predicted molar refractivity (Wildman–Crippen MR) is 152 cm³/mol. The molecule has 2 aromatic carbocycles. The van der Waals surface area contributed by atoms with Crippen molar-refractivity contribution in [1.82, 2.24) is 15.3 Å². The zero-order chi connectivity index (χ0) is 34.0. The molecule has 2 atom stereocenters. The van der Waals surface area contributed by atoms with Gasteiger partial charge < -0.3 is 15.4 Å². The molecule has 0 saturated carbocycles. The number of methoxy groups -OCH3 is 1. The van der Waals surface area contributed by atoms with Crippen molar-refractivity contribution in [1.29, 1.82) is 0 Å². The Morgan fingerprint density at radius 1 is 0.978 bits per heavy atom. The fourth-order valence-electron chi connectivity index (χ4n) is 4.88. The number of nitrogens with one attached hydrogen (secondary N) is 2. The molecule has 0 aliphatic rings. The molecule has 0 saturated heterocycles. The lowest BCUT2D eigenvalue weighted by Crippen LogP contribution is -2.43. The van der Waals surface area contributed by atoms with Crippen LogP contribution in [-0.4, -0.2) is 47.2 Å². The number of carbonyl (C=O) groups excluding carboxylic acids is 2. The smallest absolute Gasteiger partial charge is 0.418 e. The maximum absolute atomic E-state index is 14.9. The minimum atomic E-state index is -4.73. The number of alkyl halides is 6. The zero-order valence-corrected chi connectivity index (χ0v) is 24.4. The highest BCUT2D eigenvalue weighted by atomic mass is 19.4. The lowest BCUT2D eigenvalue weighted by atomic mass is 9.95. The predicted octanol–water partition coefficient (Wildman–Crippen LogP) is 7.17. The van der Waals surface area contributed by atoms with Crippen LogP contribution in [0.25, 0.3) is 22.2 Å². The van der Waals surface area contributed by atoms with Crippen molar-refractivity contribution in [2.75, 3.05) is 12.4 Å². The molecule has 0 aliphatic carbocycles. The van der Waals surface area contributed by atoms with E-state index in [1.807, 2.05) is 5.32 Å². The summed E-state index contributed by atoms with van der Waals surface area (Å²) in [4.78, 5) is 33.9. The fourth-order valence-corrected chi connectivity index (χ4v) is 4.88. The van der Waals surface area contributed by atoms with Crippen molar-refractivity contribution < 1.29 is 49.4 Å². The van der Waals surface area contributed by atoms with Crippen LogP contribution in [-0.2, 0) is 22.1 Å². The number of amides is 1. The molecular formula is C31H26F8N4O3. The minimum absolute atomic E-state index is 0.0407. The molecular weight excluding hydrogens is 628 g/mol. The number of halogens is 8. The Hall–Kier alpha value is -4.82. The van der Waals surface area contributed by atoms with Crippen LogP contribution in [0.5, 0.6) is 0 Å². The second-order valence-corrected chi connectivity index (χ2v) is 10.3. The molecule has 2 N–H and O–H groups in total. The third-order valence-electron chi connectivity index (χ3n) is 7.07. The number of hydrogen-bond donors (Lipinski definition) is 2. The second-order valence-electron chi connectivity index (χ2n) is 10.3. The van der Waals surface area contributed by atoms with Crippen LogP contribution in [0.4, 0.5) is 40.8 Å². The van der Waals surface area contributed by atoms with Crippen molar-refractivity contribution >= 4 is 28.5 Å². The highest BCUT2D eigenvalue weighted by Crippen LogP contribution is 2.39. The molecule has 4 aromatic rings. The number of aryl methyl sites for hydroxylation is 1.